The number of benzene rings is 2. The van der Waals surface area contributed by atoms with Crippen LogP contribution in [0.5, 0.6) is 0 Å². The van der Waals surface area contributed by atoms with Crippen molar-refractivity contribution in [3.63, 3.8) is 0 Å². The van der Waals surface area contributed by atoms with Crippen LogP contribution in [0.25, 0.3) is 16.7 Å². The summed E-state index contributed by atoms with van der Waals surface area (Å²) in [5.41, 5.74) is 0.523. The van der Waals surface area contributed by atoms with Crippen molar-refractivity contribution in [2.45, 2.75) is 39.8 Å². The van der Waals surface area contributed by atoms with Gasteiger partial charge in [0.25, 0.3) is 5.78 Å². The molecule has 4 aromatic rings. The highest BCUT2D eigenvalue weighted by atomic mass is 35.5. The summed E-state index contributed by atoms with van der Waals surface area (Å²) in [7, 11) is 0. The van der Waals surface area contributed by atoms with Crippen molar-refractivity contribution in [3.05, 3.63) is 58.1 Å². The Morgan fingerprint density at radius 2 is 1.86 bits per heavy atom. The Morgan fingerprint density at radius 3 is 2.60 bits per heavy atom. The zero-order valence-corrected chi connectivity index (χ0v) is 19.9. The maximum Gasteiger partial charge on any atom is 0.404 e. The fraction of sp³-hybridized carbons (Fsp3) is 0.320. The number of alkyl halides is 3. The van der Waals surface area contributed by atoms with Gasteiger partial charge in [0, 0.05) is 17.8 Å². The highest BCUT2D eigenvalue weighted by Crippen LogP contribution is 2.41. The summed E-state index contributed by atoms with van der Waals surface area (Å²) >= 11 is 6.45. The molecule has 0 spiro atoms. The van der Waals surface area contributed by atoms with Crippen molar-refractivity contribution < 1.29 is 17.6 Å². The van der Waals surface area contributed by atoms with Gasteiger partial charge in [-0.05, 0) is 63.4 Å². The Kier molecular flexibility index (Phi) is 5.40. The van der Waals surface area contributed by atoms with Crippen LogP contribution in [0.4, 0.5) is 29.1 Å². The molecule has 5 nitrogen and oxygen atoms in total. The first-order valence-electron chi connectivity index (χ1n) is 11.0. The minimum absolute atomic E-state index is 0.0741. The molecule has 0 aliphatic carbocycles. The van der Waals surface area contributed by atoms with E-state index in [1.807, 2.05) is 11.0 Å². The lowest BCUT2D eigenvalue weighted by atomic mass is 9.91. The average molecular weight is 502 g/mol. The van der Waals surface area contributed by atoms with Gasteiger partial charge in [0.05, 0.1) is 15.9 Å². The van der Waals surface area contributed by atoms with Crippen LogP contribution in [-0.4, -0.2) is 32.3 Å². The summed E-state index contributed by atoms with van der Waals surface area (Å²) in [4.78, 5) is 6.57. The van der Waals surface area contributed by atoms with Gasteiger partial charge in [0.2, 0.25) is 0 Å². The van der Waals surface area contributed by atoms with Crippen LogP contribution in [0.3, 0.4) is 0 Å². The van der Waals surface area contributed by atoms with Crippen molar-refractivity contribution in [2.75, 3.05) is 11.4 Å². The lowest BCUT2D eigenvalue weighted by Gasteiger charge is -2.32. The van der Waals surface area contributed by atoms with E-state index in [4.69, 9.17) is 11.6 Å². The molecule has 0 atom stereocenters. The molecule has 0 fully saturated rings. The highest BCUT2D eigenvalue weighted by molar-refractivity contribution is 6.36. The molecule has 35 heavy (non-hydrogen) atoms. The normalized spacial score (nSPS) is 14.2. The standard InChI is InChI=1S/C25H20ClF4N5/c1-14-32-33-23-31-22(20-19(35(14)23)10-9-17(27)21(20)26)34-13-5-7-16-15(6-4-8-18(16)34)11-12-24(2,3)25(28,29)30/h4,6,8-10H,5,7,13H2,1-3H3. The Labute approximate surface area is 203 Å². The number of hydrogen-bond donors (Lipinski definition) is 0. The molecule has 0 saturated heterocycles. The summed E-state index contributed by atoms with van der Waals surface area (Å²) in [6, 6.07) is 8.20. The zero-order valence-electron chi connectivity index (χ0n) is 19.1. The van der Waals surface area contributed by atoms with Gasteiger partial charge in [-0.3, -0.25) is 4.40 Å². The summed E-state index contributed by atoms with van der Waals surface area (Å²) in [6.07, 6.45) is -3.12. The summed E-state index contributed by atoms with van der Waals surface area (Å²) in [5, 5.41) is 8.57. The molecule has 0 saturated carbocycles. The maximum absolute atomic E-state index is 14.6. The van der Waals surface area contributed by atoms with Gasteiger partial charge in [-0.1, -0.05) is 29.5 Å². The summed E-state index contributed by atoms with van der Waals surface area (Å²) in [6.45, 7) is 4.44. The van der Waals surface area contributed by atoms with Crippen LogP contribution in [0.15, 0.2) is 30.3 Å². The first kappa shape index (κ1) is 23.4. The number of aromatic nitrogens is 4. The van der Waals surface area contributed by atoms with E-state index in [1.54, 1.807) is 29.5 Å². The van der Waals surface area contributed by atoms with E-state index in [2.05, 4.69) is 27.0 Å². The minimum Gasteiger partial charge on any atom is -0.325 e. The molecule has 0 bridgehead atoms. The second-order valence-electron chi connectivity index (χ2n) is 9.00. The van der Waals surface area contributed by atoms with Crippen molar-refractivity contribution >= 4 is 39.8 Å². The Bertz CT molecular complexity index is 1550. The Hall–Kier alpha value is -3.38. The molecular formula is C25H20ClF4N5. The van der Waals surface area contributed by atoms with Gasteiger partial charge >= 0.3 is 6.18 Å². The van der Waals surface area contributed by atoms with Gasteiger partial charge in [-0.2, -0.15) is 18.2 Å². The number of rotatable bonds is 1. The molecule has 0 N–H and O–H groups in total. The Balaban J connectivity index is 1.72. The summed E-state index contributed by atoms with van der Waals surface area (Å²) in [5.74, 6) is 5.88. The molecule has 180 valence electrons. The van der Waals surface area contributed by atoms with Gasteiger partial charge < -0.3 is 4.90 Å². The fourth-order valence-corrected chi connectivity index (χ4v) is 4.49. The van der Waals surface area contributed by atoms with Crippen LogP contribution in [0, 0.1) is 30.0 Å². The third kappa shape index (κ3) is 3.76. The topological polar surface area (TPSA) is 46.3 Å². The van der Waals surface area contributed by atoms with Crippen LogP contribution in [-0.2, 0) is 6.42 Å². The van der Waals surface area contributed by atoms with E-state index in [9.17, 15) is 17.6 Å². The van der Waals surface area contributed by atoms with E-state index in [-0.39, 0.29) is 5.02 Å². The van der Waals surface area contributed by atoms with E-state index >= 15 is 0 Å². The van der Waals surface area contributed by atoms with Gasteiger partial charge in [-0.15, -0.1) is 10.2 Å². The average Bonchev–Trinajstić information content (AvgIpc) is 3.19. The first-order chi connectivity index (χ1) is 16.5. The van der Waals surface area contributed by atoms with E-state index in [1.165, 1.54) is 6.07 Å². The predicted octanol–water partition coefficient (Wildman–Crippen LogP) is 6.40. The molecule has 0 amide bonds. The van der Waals surface area contributed by atoms with Crippen LogP contribution < -0.4 is 4.90 Å². The molecule has 0 radical (unpaired) electrons. The first-order valence-corrected chi connectivity index (χ1v) is 11.4. The number of halogens is 5. The molecular weight excluding hydrogens is 482 g/mol. The SMILES string of the molecule is Cc1nnc2nc(N3CCCc4c(C#CC(C)(C)C(F)(F)F)cccc43)c3c(Cl)c(F)ccc3n12. The largest absolute Gasteiger partial charge is 0.404 e. The lowest BCUT2D eigenvalue weighted by Crippen LogP contribution is -2.30. The van der Waals surface area contributed by atoms with Gasteiger partial charge in [0.1, 0.15) is 22.9 Å². The van der Waals surface area contributed by atoms with Crippen molar-refractivity contribution in [3.8, 4) is 11.8 Å². The molecule has 10 heteroatoms. The number of nitrogens with zero attached hydrogens (tertiary/aromatic N) is 5. The van der Waals surface area contributed by atoms with Crippen LogP contribution >= 0.6 is 11.6 Å². The van der Waals surface area contributed by atoms with Crippen LogP contribution in [0.1, 0.15) is 37.2 Å². The van der Waals surface area contributed by atoms with E-state index in [0.29, 0.717) is 53.3 Å². The quantitative estimate of drug-likeness (QED) is 0.223. The molecule has 2 aromatic heterocycles. The zero-order chi connectivity index (χ0) is 25.1. The second-order valence-corrected chi connectivity index (χ2v) is 9.38. The molecule has 1 aliphatic rings. The third-order valence-electron chi connectivity index (χ3n) is 6.28. The summed E-state index contributed by atoms with van der Waals surface area (Å²) < 4.78 is 56.3. The number of aryl methyl sites for hydroxylation is 1. The third-order valence-corrected chi connectivity index (χ3v) is 6.65. The maximum atomic E-state index is 14.6. The van der Waals surface area contributed by atoms with Gasteiger partial charge in [-0.25, -0.2) is 4.39 Å². The second kappa shape index (κ2) is 8.09. The highest BCUT2D eigenvalue weighted by Gasteiger charge is 2.46. The fourth-order valence-electron chi connectivity index (χ4n) is 4.25. The lowest BCUT2D eigenvalue weighted by molar-refractivity contribution is -0.190. The van der Waals surface area contributed by atoms with E-state index in [0.717, 1.165) is 25.1 Å². The van der Waals surface area contributed by atoms with Crippen molar-refractivity contribution in [2.24, 2.45) is 5.41 Å². The molecule has 3 heterocycles. The van der Waals surface area contributed by atoms with Crippen LogP contribution in [0.2, 0.25) is 5.02 Å². The predicted molar refractivity (Wildman–Crippen MR) is 126 cm³/mol. The monoisotopic (exact) mass is 501 g/mol. The smallest absolute Gasteiger partial charge is 0.325 e. The van der Waals surface area contributed by atoms with Gasteiger partial charge in [0.15, 0.2) is 0 Å². The van der Waals surface area contributed by atoms with E-state index < -0.39 is 17.4 Å². The number of anilines is 2. The minimum atomic E-state index is -4.45. The van der Waals surface area contributed by atoms with Crippen molar-refractivity contribution in [1.82, 2.24) is 19.6 Å². The van der Waals surface area contributed by atoms with Crippen molar-refractivity contribution in [1.29, 1.82) is 0 Å². The number of fused-ring (bicyclic) bond motifs is 4. The molecule has 1 aliphatic heterocycles. The number of hydrogen-bond acceptors (Lipinski definition) is 4. The Morgan fingerprint density at radius 1 is 1.09 bits per heavy atom. The molecule has 5 rings (SSSR count). The molecule has 0 unspecified atom stereocenters. The molecule has 2 aromatic carbocycles.